The normalized spacial score (nSPS) is 15.5. The van der Waals surface area contributed by atoms with Crippen LogP contribution in [0.15, 0.2) is 52.4 Å². The van der Waals surface area contributed by atoms with E-state index in [-0.39, 0.29) is 18.3 Å². The van der Waals surface area contributed by atoms with Crippen LogP contribution in [0.1, 0.15) is 6.42 Å². The molecule has 5 N–H and O–H groups in total. The van der Waals surface area contributed by atoms with E-state index in [0.29, 0.717) is 22.9 Å². The number of para-hydroxylation sites is 1. The van der Waals surface area contributed by atoms with Crippen molar-refractivity contribution >= 4 is 35.1 Å². The molecule has 0 fully saturated rings. The van der Waals surface area contributed by atoms with E-state index < -0.39 is 17.9 Å². The van der Waals surface area contributed by atoms with Crippen molar-refractivity contribution in [1.29, 1.82) is 0 Å². The van der Waals surface area contributed by atoms with Gasteiger partial charge in [-0.25, -0.2) is 4.99 Å². The SMILES string of the molecule is COc1cc(NC(=O)C[C@H]2N=C(N=C(N)Nc3ccccc3)NC2=O)cc(OC)c1OC. The lowest BCUT2D eigenvalue weighted by Crippen LogP contribution is -2.32. The van der Waals surface area contributed by atoms with Crippen LogP contribution in [-0.2, 0) is 9.59 Å². The third-order valence-electron chi connectivity index (χ3n) is 4.42. The molecule has 2 aromatic carbocycles. The molecule has 0 saturated carbocycles. The summed E-state index contributed by atoms with van der Waals surface area (Å²) in [7, 11) is 4.43. The van der Waals surface area contributed by atoms with E-state index in [4.69, 9.17) is 19.9 Å². The maximum atomic E-state index is 12.5. The number of anilines is 2. The van der Waals surface area contributed by atoms with Crippen LogP contribution in [0.25, 0.3) is 0 Å². The average molecular weight is 440 g/mol. The van der Waals surface area contributed by atoms with Gasteiger partial charge in [-0.15, -0.1) is 0 Å². The van der Waals surface area contributed by atoms with Crippen LogP contribution in [0.2, 0.25) is 0 Å². The Morgan fingerprint density at radius 2 is 1.72 bits per heavy atom. The third-order valence-corrected chi connectivity index (χ3v) is 4.42. The Hall–Kier alpha value is -4.28. The van der Waals surface area contributed by atoms with Crippen molar-refractivity contribution < 1.29 is 23.8 Å². The number of aliphatic imine (C=N–C) groups is 2. The van der Waals surface area contributed by atoms with Crippen LogP contribution in [-0.4, -0.2) is 51.1 Å². The van der Waals surface area contributed by atoms with Crippen LogP contribution < -0.4 is 35.9 Å². The number of methoxy groups -OCH3 is 3. The number of nitrogens with two attached hydrogens (primary N) is 1. The van der Waals surface area contributed by atoms with E-state index in [0.717, 1.165) is 5.69 Å². The molecule has 0 aromatic heterocycles. The highest BCUT2D eigenvalue weighted by Gasteiger charge is 2.29. The first-order chi connectivity index (χ1) is 15.4. The van der Waals surface area contributed by atoms with Crippen molar-refractivity contribution in [3.05, 3.63) is 42.5 Å². The number of benzene rings is 2. The molecule has 168 valence electrons. The highest BCUT2D eigenvalue weighted by Crippen LogP contribution is 2.39. The quantitative estimate of drug-likeness (QED) is 0.375. The standard InChI is InChI=1S/C21H24N6O5/c1-30-15-9-13(10-16(31-2)18(15)32-3)23-17(28)11-14-19(29)26-21(25-14)27-20(22)24-12-7-5-4-6-8-12/h4-10,14H,11H2,1-3H3,(H,23,28)(H4,22,24,25,26,27,29)/t14-/m1/s1. The van der Waals surface area contributed by atoms with Crippen LogP contribution in [0, 0.1) is 0 Å². The molecule has 11 heteroatoms. The summed E-state index contributed by atoms with van der Waals surface area (Å²) in [6.07, 6.45) is -0.187. The van der Waals surface area contributed by atoms with Gasteiger partial charge in [0.05, 0.1) is 27.8 Å². The highest BCUT2D eigenvalue weighted by atomic mass is 16.5. The maximum absolute atomic E-state index is 12.5. The van der Waals surface area contributed by atoms with Gasteiger partial charge in [-0.1, -0.05) is 18.2 Å². The van der Waals surface area contributed by atoms with Crippen molar-refractivity contribution in [2.45, 2.75) is 12.5 Å². The molecule has 0 bridgehead atoms. The number of nitrogens with zero attached hydrogens (tertiary/aromatic N) is 2. The van der Waals surface area contributed by atoms with Gasteiger partial charge in [0.2, 0.25) is 23.6 Å². The summed E-state index contributed by atoms with van der Waals surface area (Å²) in [5.74, 6) is 0.380. The zero-order chi connectivity index (χ0) is 23.1. The number of amides is 2. The first kappa shape index (κ1) is 22.4. The molecule has 11 nitrogen and oxygen atoms in total. The second kappa shape index (κ2) is 10.2. The summed E-state index contributed by atoms with van der Waals surface area (Å²) < 4.78 is 15.8. The Labute approximate surface area is 184 Å². The third kappa shape index (κ3) is 5.45. The van der Waals surface area contributed by atoms with E-state index in [1.807, 2.05) is 30.3 Å². The Morgan fingerprint density at radius 3 is 2.31 bits per heavy atom. The fourth-order valence-electron chi connectivity index (χ4n) is 2.98. The van der Waals surface area contributed by atoms with Crippen molar-refractivity contribution in [2.75, 3.05) is 32.0 Å². The van der Waals surface area contributed by atoms with E-state index in [1.54, 1.807) is 12.1 Å². The molecule has 3 rings (SSSR count). The second-order valence-electron chi connectivity index (χ2n) is 6.61. The smallest absolute Gasteiger partial charge is 0.252 e. The largest absolute Gasteiger partial charge is 0.493 e. The molecule has 0 aliphatic carbocycles. The van der Waals surface area contributed by atoms with Crippen molar-refractivity contribution in [1.82, 2.24) is 5.32 Å². The topological polar surface area (TPSA) is 149 Å². The van der Waals surface area contributed by atoms with Gasteiger partial charge in [0.1, 0.15) is 6.04 Å². The van der Waals surface area contributed by atoms with Crippen molar-refractivity contribution in [2.24, 2.45) is 15.7 Å². The molecule has 0 spiro atoms. The first-order valence-electron chi connectivity index (χ1n) is 9.58. The number of guanidine groups is 2. The molecule has 32 heavy (non-hydrogen) atoms. The molecule has 1 heterocycles. The fourth-order valence-corrected chi connectivity index (χ4v) is 2.98. The van der Waals surface area contributed by atoms with E-state index >= 15 is 0 Å². The van der Waals surface area contributed by atoms with Gasteiger partial charge >= 0.3 is 0 Å². The lowest BCUT2D eigenvalue weighted by molar-refractivity contribution is -0.123. The number of nitrogens with one attached hydrogen (secondary N) is 3. The van der Waals surface area contributed by atoms with Gasteiger partial charge in [0, 0.05) is 23.5 Å². The molecule has 2 amide bonds. The number of hydrogen-bond donors (Lipinski definition) is 4. The first-order valence-corrected chi connectivity index (χ1v) is 9.58. The number of rotatable bonds is 7. The molecule has 1 aliphatic heterocycles. The van der Waals surface area contributed by atoms with Crippen LogP contribution in [0.4, 0.5) is 11.4 Å². The molecule has 0 unspecified atom stereocenters. The summed E-state index contributed by atoms with van der Waals surface area (Å²) in [4.78, 5) is 32.9. The van der Waals surface area contributed by atoms with Gasteiger partial charge < -0.3 is 30.6 Å². The Kier molecular flexibility index (Phi) is 7.11. The van der Waals surface area contributed by atoms with Gasteiger partial charge in [-0.3, -0.25) is 14.9 Å². The predicted molar refractivity (Wildman–Crippen MR) is 120 cm³/mol. The molecular formula is C21H24N6O5. The predicted octanol–water partition coefficient (Wildman–Crippen LogP) is 1.32. The molecule has 0 radical (unpaired) electrons. The van der Waals surface area contributed by atoms with Crippen LogP contribution >= 0.6 is 0 Å². The lowest BCUT2D eigenvalue weighted by Gasteiger charge is -2.14. The summed E-state index contributed by atoms with van der Waals surface area (Å²) in [6.45, 7) is 0. The molecule has 0 saturated heterocycles. The summed E-state index contributed by atoms with van der Waals surface area (Å²) >= 11 is 0. The molecule has 1 atom stereocenters. The maximum Gasteiger partial charge on any atom is 0.252 e. The number of carbonyl (C=O) groups is 2. The zero-order valence-electron chi connectivity index (χ0n) is 17.8. The van der Waals surface area contributed by atoms with Crippen LogP contribution in [0.3, 0.4) is 0 Å². The van der Waals surface area contributed by atoms with Gasteiger partial charge in [0.15, 0.2) is 11.5 Å². The van der Waals surface area contributed by atoms with E-state index in [2.05, 4.69) is 25.9 Å². The Bertz CT molecular complexity index is 1030. The van der Waals surface area contributed by atoms with E-state index in [1.165, 1.54) is 21.3 Å². The molecule has 2 aromatic rings. The average Bonchev–Trinajstić information content (AvgIpc) is 3.11. The summed E-state index contributed by atoms with van der Waals surface area (Å²) in [5.41, 5.74) is 7.01. The number of carbonyl (C=O) groups excluding carboxylic acids is 2. The molecule has 1 aliphatic rings. The van der Waals surface area contributed by atoms with Gasteiger partial charge in [0.25, 0.3) is 5.91 Å². The monoisotopic (exact) mass is 440 g/mol. The number of ether oxygens (including phenoxy) is 3. The minimum absolute atomic E-state index is 0.0292. The lowest BCUT2D eigenvalue weighted by atomic mass is 10.2. The molecular weight excluding hydrogens is 416 g/mol. The minimum atomic E-state index is -0.930. The number of hydrogen-bond acceptors (Lipinski definition) is 7. The Morgan fingerprint density at radius 1 is 1.06 bits per heavy atom. The minimum Gasteiger partial charge on any atom is -0.493 e. The van der Waals surface area contributed by atoms with Crippen molar-refractivity contribution in [3.8, 4) is 17.2 Å². The van der Waals surface area contributed by atoms with E-state index in [9.17, 15) is 9.59 Å². The zero-order valence-corrected chi connectivity index (χ0v) is 17.8. The highest BCUT2D eigenvalue weighted by molar-refractivity contribution is 6.11. The Balaban J connectivity index is 1.65. The van der Waals surface area contributed by atoms with Gasteiger partial charge in [-0.2, -0.15) is 4.99 Å². The summed E-state index contributed by atoms with van der Waals surface area (Å²) in [5, 5.41) is 8.10. The van der Waals surface area contributed by atoms with Crippen LogP contribution in [0.5, 0.6) is 17.2 Å². The van der Waals surface area contributed by atoms with Gasteiger partial charge in [-0.05, 0) is 12.1 Å². The fraction of sp³-hybridized carbons (Fsp3) is 0.238. The van der Waals surface area contributed by atoms with Crippen molar-refractivity contribution in [3.63, 3.8) is 0 Å². The summed E-state index contributed by atoms with van der Waals surface area (Å²) in [6, 6.07) is 11.4. The second-order valence-corrected chi connectivity index (χ2v) is 6.61.